The Bertz CT molecular complexity index is 1370. The smallest absolute Gasteiger partial charge is 0.433 e. The predicted molar refractivity (Wildman–Crippen MR) is 127 cm³/mol. The second kappa shape index (κ2) is 9.98. The van der Waals surface area contributed by atoms with Crippen molar-refractivity contribution in [2.24, 2.45) is 0 Å². The summed E-state index contributed by atoms with van der Waals surface area (Å²) in [5.74, 6) is -1.33. The molecule has 0 radical (unpaired) electrons. The van der Waals surface area contributed by atoms with Gasteiger partial charge in [-0.15, -0.1) is 0 Å². The minimum absolute atomic E-state index is 0.000316. The van der Waals surface area contributed by atoms with E-state index in [0.717, 1.165) is 18.3 Å². The lowest BCUT2D eigenvalue weighted by Crippen LogP contribution is -2.70. The molecule has 1 aromatic carbocycles. The lowest BCUT2D eigenvalue weighted by Gasteiger charge is -2.56. The zero-order chi connectivity index (χ0) is 27.8. The van der Waals surface area contributed by atoms with Gasteiger partial charge in [0.05, 0.1) is 34.9 Å². The summed E-state index contributed by atoms with van der Waals surface area (Å²) < 4.78 is 62.7. The minimum atomic E-state index is -4.58. The van der Waals surface area contributed by atoms with Crippen LogP contribution >= 0.6 is 0 Å². The molecule has 14 heteroatoms. The first kappa shape index (κ1) is 26.7. The molecule has 3 fully saturated rings. The van der Waals surface area contributed by atoms with E-state index in [-0.39, 0.29) is 24.5 Å². The SMILES string of the molecule is O=C(COc1cc(F)c2cn[nH]c2c1)NC12CCC(NC(=O)COc3ccc(C(F)(F)F)nc3)(CC1)[C@@H](O)C2. The number of H-pyrrole nitrogens is 1. The van der Waals surface area contributed by atoms with E-state index in [2.05, 4.69) is 25.8 Å². The molecule has 3 aliphatic rings. The van der Waals surface area contributed by atoms with Gasteiger partial charge in [0.1, 0.15) is 23.0 Å². The number of aromatic amines is 1. The van der Waals surface area contributed by atoms with Crippen LogP contribution in [0.3, 0.4) is 0 Å². The molecule has 3 saturated carbocycles. The van der Waals surface area contributed by atoms with Crippen LogP contribution in [-0.4, -0.2) is 62.5 Å². The van der Waals surface area contributed by atoms with Gasteiger partial charge in [0.2, 0.25) is 0 Å². The number of nitrogens with one attached hydrogen (secondary N) is 3. The van der Waals surface area contributed by atoms with E-state index in [4.69, 9.17) is 9.47 Å². The second-order valence-electron chi connectivity index (χ2n) is 9.94. The first-order chi connectivity index (χ1) is 18.5. The van der Waals surface area contributed by atoms with Gasteiger partial charge < -0.3 is 25.2 Å². The molecular weight excluding hydrogens is 526 g/mol. The number of carbonyl (C=O) groups excluding carboxylic acids is 2. The number of nitrogens with zero attached hydrogens (tertiary/aromatic N) is 2. The summed E-state index contributed by atoms with van der Waals surface area (Å²) in [7, 11) is 0. The van der Waals surface area contributed by atoms with Crippen molar-refractivity contribution in [3.8, 4) is 11.5 Å². The standard InChI is InChI=1S/C25H25F4N5O5/c26-17-7-15(8-18-16(17)11-31-34-18)39-12-21(36)32-23-3-5-24(6-4-23,20(35)9-23)33-22(37)13-38-14-1-2-19(30-10-14)25(27,28)29/h1-2,7-8,10-11,20,35H,3-6,9,12-13H2,(H,31,34)(H,32,36)(H,33,37)/t20-,23?,24?/m0/s1. The van der Waals surface area contributed by atoms with Crippen LogP contribution < -0.4 is 20.1 Å². The average Bonchev–Trinajstić information content (AvgIpc) is 3.37. The van der Waals surface area contributed by atoms with E-state index in [1.54, 1.807) is 0 Å². The molecule has 1 atom stereocenters. The maximum Gasteiger partial charge on any atom is 0.433 e. The quantitative estimate of drug-likeness (QED) is 0.316. The van der Waals surface area contributed by atoms with Gasteiger partial charge in [-0.25, -0.2) is 9.37 Å². The zero-order valence-electron chi connectivity index (χ0n) is 20.5. The third kappa shape index (κ3) is 5.60. The molecule has 3 aliphatic carbocycles. The maximum absolute atomic E-state index is 14.1. The molecule has 6 rings (SSSR count). The minimum Gasteiger partial charge on any atom is -0.484 e. The number of hydrogen-bond acceptors (Lipinski definition) is 7. The number of hydrogen-bond donors (Lipinski definition) is 4. The molecule has 3 aromatic rings. The Kier molecular flexibility index (Phi) is 6.83. The Labute approximate surface area is 219 Å². The summed E-state index contributed by atoms with van der Waals surface area (Å²) in [5.41, 5.74) is -2.21. The number of aliphatic hydroxyl groups is 1. The third-order valence-electron chi connectivity index (χ3n) is 7.36. The highest BCUT2D eigenvalue weighted by Crippen LogP contribution is 2.47. The molecule has 4 N–H and O–H groups in total. The molecule has 0 spiro atoms. The van der Waals surface area contributed by atoms with Crippen molar-refractivity contribution in [2.45, 2.75) is 55.5 Å². The molecule has 2 heterocycles. The number of benzene rings is 1. The van der Waals surface area contributed by atoms with Crippen molar-refractivity contribution in [1.82, 2.24) is 25.8 Å². The van der Waals surface area contributed by atoms with Crippen molar-refractivity contribution in [2.75, 3.05) is 13.2 Å². The lowest BCUT2D eigenvalue weighted by molar-refractivity contribution is -0.141. The summed E-state index contributed by atoms with van der Waals surface area (Å²) in [4.78, 5) is 28.5. The first-order valence-electron chi connectivity index (χ1n) is 12.2. The normalized spacial score (nSPS) is 24.4. The summed E-state index contributed by atoms with van der Waals surface area (Å²) in [6.07, 6.45) is -1.31. The van der Waals surface area contributed by atoms with Crippen molar-refractivity contribution in [1.29, 1.82) is 0 Å². The van der Waals surface area contributed by atoms with Crippen LogP contribution in [-0.2, 0) is 15.8 Å². The van der Waals surface area contributed by atoms with Crippen LogP contribution in [0.1, 0.15) is 37.8 Å². The average molecular weight is 551 g/mol. The van der Waals surface area contributed by atoms with E-state index in [0.29, 0.717) is 36.6 Å². The molecule has 2 amide bonds. The van der Waals surface area contributed by atoms with E-state index in [1.807, 2.05) is 0 Å². The van der Waals surface area contributed by atoms with Crippen LogP contribution in [0.15, 0.2) is 36.7 Å². The molecular formula is C25H25F4N5O5. The number of aliphatic hydroxyl groups excluding tert-OH is 1. The van der Waals surface area contributed by atoms with Gasteiger partial charge in [-0.3, -0.25) is 14.7 Å². The van der Waals surface area contributed by atoms with Crippen molar-refractivity contribution in [3.05, 3.63) is 48.2 Å². The van der Waals surface area contributed by atoms with Gasteiger partial charge in [0, 0.05) is 17.7 Å². The molecule has 0 unspecified atom stereocenters. The molecule has 0 aliphatic heterocycles. The lowest BCUT2D eigenvalue weighted by atomic mass is 9.60. The zero-order valence-corrected chi connectivity index (χ0v) is 20.5. The largest absolute Gasteiger partial charge is 0.484 e. The summed E-state index contributed by atoms with van der Waals surface area (Å²) in [6.45, 7) is -0.819. The van der Waals surface area contributed by atoms with E-state index in [1.165, 1.54) is 18.3 Å². The molecule has 208 valence electrons. The topological polar surface area (TPSA) is 138 Å². The number of carbonyl (C=O) groups is 2. The van der Waals surface area contributed by atoms with Crippen molar-refractivity contribution >= 4 is 22.7 Å². The summed E-state index contributed by atoms with van der Waals surface area (Å²) >= 11 is 0. The first-order valence-corrected chi connectivity index (χ1v) is 12.2. The van der Waals surface area contributed by atoms with Crippen LogP contribution in [0.5, 0.6) is 11.5 Å². The van der Waals surface area contributed by atoms with Crippen LogP contribution in [0.2, 0.25) is 0 Å². The Morgan fingerprint density at radius 1 is 1.03 bits per heavy atom. The number of rotatable bonds is 8. The molecule has 0 saturated heterocycles. The molecule has 2 aromatic heterocycles. The highest BCUT2D eigenvalue weighted by Gasteiger charge is 2.55. The monoisotopic (exact) mass is 551 g/mol. The van der Waals surface area contributed by atoms with Gasteiger partial charge in [-0.1, -0.05) is 0 Å². The van der Waals surface area contributed by atoms with Gasteiger partial charge in [0.25, 0.3) is 11.8 Å². The number of pyridine rings is 1. The highest BCUT2D eigenvalue weighted by atomic mass is 19.4. The van der Waals surface area contributed by atoms with Gasteiger partial charge >= 0.3 is 6.18 Å². The fraction of sp³-hybridized carbons (Fsp3) is 0.440. The van der Waals surface area contributed by atoms with Crippen LogP contribution in [0.4, 0.5) is 17.6 Å². The number of amides is 2. The van der Waals surface area contributed by atoms with Crippen molar-refractivity contribution < 1.29 is 41.7 Å². The number of fused-ring (bicyclic) bond motifs is 4. The van der Waals surface area contributed by atoms with E-state index >= 15 is 0 Å². The molecule has 39 heavy (non-hydrogen) atoms. The van der Waals surface area contributed by atoms with Crippen molar-refractivity contribution in [3.63, 3.8) is 0 Å². The fourth-order valence-corrected chi connectivity index (χ4v) is 5.30. The van der Waals surface area contributed by atoms with Gasteiger partial charge in [0.15, 0.2) is 13.2 Å². The fourth-order valence-electron chi connectivity index (χ4n) is 5.30. The third-order valence-corrected chi connectivity index (χ3v) is 7.36. The Morgan fingerprint density at radius 2 is 1.72 bits per heavy atom. The predicted octanol–water partition coefficient (Wildman–Crippen LogP) is 2.62. The van der Waals surface area contributed by atoms with Gasteiger partial charge in [-0.2, -0.15) is 18.3 Å². The number of ether oxygens (including phenoxy) is 2. The second-order valence-corrected chi connectivity index (χ2v) is 9.94. The Balaban J connectivity index is 1.11. The van der Waals surface area contributed by atoms with E-state index in [9.17, 15) is 32.3 Å². The van der Waals surface area contributed by atoms with Gasteiger partial charge in [-0.05, 0) is 44.2 Å². The van der Waals surface area contributed by atoms with E-state index < -0.39 is 53.3 Å². The molecule has 2 bridgehead atoms. The summed E-state index contributed by atoms with van der Waals surface area (Å²) in [6, 6.07) is 4.54. The van der Waals surface area contributed by atoms with Crippen LogP contribution in [0.25, 0.3) is 10.9 Å². The Hall–Kier alpha value is -3.94. The number of aromatic nitrogens is 3. The maximum atomic E-state index is 14.1. The van der Waals surface area contributed by atoms with Crippen LogP contribution in [0, 0.1) is 5.82 Å². The Morgan fingerprint density at radius 3 is 2.36 bits per heavy atom. The number of halogens is 4. The summed E-state index contributed by atoms with van der Waals surface area (Å²) in [5, 5.41) is 23.4. The molecule has 10 nitrogen and oxygen atoms in total. The highest BCUT2D eigenvalue weighted by molar-refractivity contribution is 5.81. The number of alkyl halides is 3.